The molecule has 0 N–H and O–H groups in total. The average molecular weight is 669 g/mol. The molecule has 8 aromatic rings. The number of anilines is 3. The van der Waals surface area contributed by atoms with Crippen molar-refractivity contribution < 1.29 is 0 Å². The molecule has 2 nitrogen and oxygen atoms in total. The second kappa shape index (κ2) is 10.7. The van der Waals surface area contributed by atoms with Crippen molar-refractivity contribution in [3.8, 4) is 16.8 Å². The van der Waals surface area contributed by atoms with Crippen LogP contribution in [0.5, 0.6) is 0 Å². The number of nitrogens with zero attached hydrogens (tertiary/aromatic N) is 2. The van der Waals surface area contributed by atoms with E-state index in [0.717, 1.165) is 23.7 Å². The summed E-state index contributed by atoms with van der Waals surface area (Å²) in [6.07, 6.45) is 7.09. The Hall–Kier alpha value is -5.60. The minimum atomic E-state index is 0.167. The van der Waals surface area contributed by atoms with Gasteiger partial charge in [0.15, 0.2) is 0 Å². The van der Waals surface area contributed by atoms with Gasteiger partial charge in [-0.25, -0.2) is 0 Å². The number of aromatic nitrogens is 1. The maximum atomic E-state index is 2.56. The minimum absolute atomic E-state index is 0.167. The molecule has 1 heterocycles. The fraction of sp³-hybridized carbons (Fsp3) is 0.200. The Morgan fingerprint density at radius 3 is 1.94 bits per heavy atom. The van der Waals surface area contributed by atoms with Gasteiger partial charge in [0.25, 0.3) is 0 Å². The molecule has 4 saturated carbocycles. The zero-order valence-electron chi connectivity index (χ0n) is 29.3. The van der Waals surface area contributed by atoms with E-state index in [-0.39, 0.29) is 5.41 Å². The summed E-state index contributed by atoms with van der Waals surface area (Å²) in [5.41, 5.74) is 13.5. The number of fused-ring (bicyclic) bond motifs is 7. The molecule has 250 valence electrons. The Bertz CT molecular complexity index is 2680. The zero-order valence-corrected chi connectivity index (χ0v) is 29.3. The number of para-hydroxylation sites is 2. The molecule has 0 saturated heterocycles. The van der Waals surface area contributed by atoms with E-state index in [0.29, 0.717) is 0 Å². The maximum Gasteiger partial charge on any atom is 0.0542 e. The van der Waals surface area contributed by atoms with E-state index in [9.17, 15) is 0 Å². The quantitative estimate of drug-likeness (QED) is 0.181. The Morgan fingerprint density at radius 1 is 0.462 bits per heavy atom. The van der Waals surface area contributed by atoms with Crippen LogP contribution in [-0.4, -0.2) is 4.57 Å². The summed E-state index contributed by atoms with van der Waals surface area (Å²) in [5, 5.41) is 5.05. The van der Waals surface area contributed by atoms with Crippen LogP contribution in [0.25, 0.3) is 49.4 Å². The minimum Gasteiger partial charge on any atom is -0.310 e. The molecular weight excluding hydrogens is 629 g/mol. The molecule has 0 atom stereocenters. The standard InChI is InChI=1S/C50H40N2/c1-2-13-37(14-3-1)52-48-19-9-7-17-42(48)44-31-39(22-24-49(44)52)51(47-20-10-12-34-11-4-5-15-40(34)47)38-21-23-46-43(30-38)41-16-6-8-18-45(41)50(46)35-26-32-25-33(28-35)29-36(50)27-32/h1-24,30-33,35-36H,25-29H2. The monoisotopic (exact) mass is 668 g/mol. The Morgan fingerprint density at radius 2 is 1.10 bits per heavy atom. The molecule has 4 fully saturated rings. The van der Waals surface area contributed by atoms with Crippen LogP contribution in [0.15, 0.2) is 158 Å². The molecule has 7 aromatic carbocycles. The van der Waals surface area contributed by atoms with Crippen LogP contribution in [-0.2, 0) is 5.41 Å². The van der Waals surface area contributed by atoms with Crippen molar-refractivity contribution in [2.75, 3.05) is 4.90 Å². The normalized spacial score (nSPS) is 23.8. The first kappa shape index (κ1) is 29.0. The molecule has 2 heteroatoms. The van der Waals surface area contributed by atoms with Gasteiger partial charge in [-0.15, -0.1) is 0 Å². The van der Waals surface area contributed by atoms with Crippen molar-refractivity contribution in [1.29, 1.82) is 0 Å². The highest BCUT2D eigenvalue weighted by atomic mass is 15.1. The molecule has 13 rings (SSSR count). The van der Waals surface area contributed by atoms with Crippen molar-refractivity contribution >= 4 is 49.6 Å². The molecule has 0 aliphatic heterocycles. The molecule has 1 aromatic heterocycles. The van der Waals surface area contributed by atoms with Crippen LogP contribution in [0.1, 0.15) is 43.2 Å². The number of benzene rings is 7. The lowest BCUT2D eigenvalue weighted by atomic mass is 9.43. The van der Waals surface area contributed by atoms with Gasteiger partial charge < -0.3 is 9.47 Å². The van der Waals surface area contributed by atoms with Gasteiger partial charge in [0.05, 0.1) is 16.7 Å². The van der Waals surface area contributed by atoms with Gasteiger partial charge >= 0.3 is 0 Å². The van der Waals surface area contributed by atoms with Crippen LogP contribution in [0.2, 0.25) is 0 Å². The lowest BCUT2D eigenvalue weighted by molar-refractivity contribution is -0.0399. The fourth-order valence-corrected chi connectivity index (χ4v) is 12.1. The lowest BCUT2D eigenvalue weighted by Crippen LogP contribution is -2.55. The van der Waals surface area contributed by atoms with E-state index in [4.69, 9.17) is 0 Å². The molecule has 0 radical (unpaired) electrons. The van der Waals surface area contributed by atoms with Gasteiger partial charge in [-0.1, -0.05) is 103 Å². The second-order valence-electron chi connectivity index (χ2n) is 16.2. The van der Waals surface area contributed by atoms with Crippen LogP contribution in [0.4, 0.5) is 17.1 Å². The highest BCUT2D eigenvalue weighted by Gasteiger charge is 2.61. The van der Waals surface area contributed by atoms with E-state index in [1.807, 2.05) is 0 Å². The predicted molar refractivity (Wildman–Crippen MR) is 216 cm³/mol. The van der Waals surface area contributed by atoms with Crippen molar-refractivity contribution in [2.24, 2.45) is 23.7 Å². The number of hydrogen-bond acceptors (Lipinski definition) is 1. The molecule has 0 unspecified atom stereocenters. The number of hydrogen-bond donors (Lipinski definition) is 0. The van der Waals surface area contributed by atoms with E-state index in [1.54, 1.807) is 11.1 Å². The first-order valence-electron chi connectivity index (χ1n) is 19.4. The van der Waals surface area contributed by atoms with Crippen molar-refractivity contribution in [3.63, 3.8) is 0 Å². The topological polar surface area (TPSA) is 8.17 Å². The highest BCUT2D eigenvalue weighted by molar-refractivity contribution is 6.11. The summed E-state index contributed by atoms with van der Waals surface area (Å²) in [7, 11) is 0. The first-order valence-corrected chi connectivity index (χ1v) is 19.4. The van der Waals surface area contributed by atoms with E-state index >= 15 is 0 Å². The van der Waals surface area contributed by atoms with Gasteiger partial charge in [-0.2, -0.15) is 0 Å². The summed E-state index contributed by atoms with van der Waals surface area (Å²) < 4.78 is 2.41. The Kier molecular flexibility index (Phi) is 5.98. The summed E-state index contributed by atoms with van der Waals surface area (Å²) in [6, 6.07) is 59.4. The molecule has 5 aliphatic rings. The van der Waals surface area contributed by atoms with Crippen LogP contribution >= 0.6 is 0 Å². The van der Waals surface area contributed by atoms with Crippen LogP contribution in [0.3, 0.4) is 0 Å². The summed E-state index contributed by atoms with van der Waals surface area (Å²) >= 11 is 0. The van der Waals surface area contributed by atoms with Gasteiger partial charge in [0.1, 0.15) is 0 Å². The molecule has 1 spiro atoms. The van der Waals surface area contributed by atoms with E-state index in [2.05, 4.69) is 167 Å². The molecule has 5 aliphatic carbocycles. The third kappa shape index (κ3) is 3.85. The molecular formula is C50H40N2. The second-order valence-corrected chi connectivity index (χ2v) is 16.2. The van der Waals surface area contributed by atoms with E-state index in [1.165, 1.54) is 98.6 Å². The van der Waals surface area contributed by atoms with Crippen LogP contribution in [0, 0.1) is 23.7 Å². The van der Waals surface area contributed by atoms with Gasteiger partial charge in [0, 0.05) is 38.6 Å². The van der Waals surface area contributed by atoms with Gasteiger partial charge in [0.2, 0.25) is 0 Å². The predicted octanol–water partition coefficient (Wildman–Crippen LogP) is 13.1. The first-order chi connectivity index (χ1) is 25.8. The summed E-state index contributed by atoms with van der Waals surface area (Å²) in [5.74, 6) is 3.40. The third-order valence-electron chi connectivity index (χ3n) is 13.7. The van der Waals surface area contributed by atoms with Crippen LogP contribution < -0.4 is 4.90 Å². The van der Waals surface area contributed by atoms with Gasteiger partial charge in [-0.3, -0.25) is 0 Å². The average Bonchev–Trinajstić information content (AvgIpc) is 3.68. The van der Waals surface area contributed by atoms with Gasteiger partial charge in [-0.05, 0) is 138 Å². The lowest BCUT2D eigenvalue weighted by Gasteiger charge is -2.61. The smallest absolute Gasteiger partial charge is 0.0542 e. The van der Waals surface area contributed by atoms with Crippen molar-refractivity contribution in [3.05, 3.63) is 169 Å². The highest BCUT2D eigenvalue weighted by Crippen LogP contribution is 2.69. The SMILES string of the molecule is c1ccc(-n2c3ccccc3c3cc(N(c4ccc5c(c4)-c4ccccc4C54C5CC6CC(C5)CC4C6)c4cccc5ccccc45)ccc32)cc1. The van der Waals surface area contributed by atoms with Crippen molar-refractivity contribution in [2.45, 2.75) is 37.5 Å². The summed E-state index contributed by atoms with van der Waals surface area (Å²) in [4.78, 5) is 2.53. The third-order valence-corrected chi connectivity index (χ3v) is 13.7. The molecule has 0 amide bonds. The Labute approximate surface area is 305 Å². The zero-order chi connectivity index (χ0) is 34.0. The maximum absolute atomic E-state index is 2.56. The van der Waals surface area contributed by atoms with E-state index < -0.39 is 0 Å². The summed E-state index contributed by atoms with van der Waals surface area (Å²) in [6.45, 7) is 0. The largest absolute Gasteiger partial charge is 0.310 e. The Balaban J connectivity index is 1.10. The fourth-order valence-electron chi connectivity index (χ4n) is 12.1. The number of rotatable bonds is 4. The van der Waals surface area contributed by atoms with Crippen molar-refractivity contribution in [1.82, 2.24) is 4.57 Å². The molecule has 52 heavy (non-hydrogen) atoms. The molecule has 4 bridgehead atoms.